The van der Waals surface area contributed by atoms with Gasteiger partial charge in [0.15, 0.2) is 0 Å². The van der Waals surface area contributed by atoms with Crippen LogP contribution in [0.5, 0.6) is 5.75 Å². The van der Waals surface area contributed by atoms with Gasteiger partial charge in [0, 0.05) is 19.2 Å². The fourth-order valence-corrected chi connectivity index (χ4v) is 2.98. The minimum atomic E-state index is -0.595. The lowest BCUT2D eigenvalue weighted by Crippen LogP contribution is -2.44. The molecule has 3 N–H and O–H groups in total. The van der Waals surface area contributed by atoms with Crippen molar-refractivity contribution < 1.29 is 14.9 Å². The van der Waals surface area contributed by atoms with Crippen molar-refractivity contribution in [2.75, 3.05) is 19.8 Å². The van der Waals surface area contributed by atoms with Crippen molar-refractivity contribution in [1.29, 1.82) is 0 Å². The van der Waals surface area contributed by atoms with Gasteiger partial charge < -0.3 is 20.3 Å². The van der Waals surface area contributed by atoms with Gasteiger partial charge in [-0.2, -0.15) is 0 Å². The fourth-order valence-electron chi connectivity index (χ4n) is 2.79. The largest absolute Gasteiger partial charge is 0.489 e. The third-order valence-electron chi connectivity index (χ3n) is 4.03. The zero-order chi connectivity index (χ0) is 15.1. The van der Waals surface area contributed by atoms with Crippen molar-refractivity contribution in [3.05, 3.63) is 29.3 Å². The Kier molecular flexibility index (Phi) is 6.77. The van der Waals surface area contributed by atoms with Crippen LogP contribution in [0.25, 0.3) is 0 Å². The first kappa shape index (κ1) is 16.6. The molecule has 21 heavy (non-hydrogen) atoms. The Morgan fingerprint density at radius 1 is 1.29 bits per heavy atom. The fraction of sp³-hybridized carbons (Fsp3) is 0.625. The number of rotatable bonds is 7. The number of halogens is 1. The summed E-state index contributed by atoms with van der Waals surface area (Å²) >= 11 is 5.99. The lowest BCUT2D eigenvalue weighted by atomic mass is 9.85. The molecule has 1 saturated carbocycles. The highest BCUT2D eigenvalue weighted by molar-refractivity contribution is 6.32. The lowest BCUT2D eigenvalue weighted by Gasteiger charge is -2.31. The van der Waals surface area contributed by atoms with Crippen LogP contribution >= 0.6 is 11.6 Å². The molecule has 0 radical (unpaired) electrons. The maximum absolute atomic E-state index is 10.00. The molecular weight excluding hydrogens is 290 g/mol. The topological polar surface area (TPSA) is 61.7 Å². The average Bonchev–Trinajstić information content (AvgIpc) is 2.52. The maximum Gasteiger partial charge on any atom is 0.138 e. The molecule has 118 valence electrons. The number of ether oxygens (including phenoxy) is 1. The van der Waals surface area contributed by atoms with E-state index in [9.17, 15) is 10.2 Å². The highest BCUT2D eigenvalue weighted by Crippen LogP contribution is 2.24. The quantitative estimate of drug-likeness (QED) is 0.722. The smallest absolute Gasteiger partial charge is 0.138 e. The molecule has 0 aromatic heterocycles. The summed E-state index contributed by atoms with van der Waals surface area (Å²) in [6.45, 7) is 0.878. The molecule has 1 aromatic carbocycles. The molecule has 0 saturated heterocycles. The zero-order valence-corrected chi connectivity index (χ0v) is 12.9. The van der Waals surface area contributed by atoms with Gasteiger partial charge in [0.1, 0.15) is 18.5 Å². The summed E-state index contributed by atoms with van der Waals surface area (Å²) in [5, 5.41) is 23.3. The summed E-state index contributed by atoms with van der Waals surface area (Å²) < 4.78 is 5.52. The average molecular weight is 314 g/mol. The van der Waals surface area contributed by atoms with Gasteiger partial charge in [0.25, 0.3) is 0 Å². The van der Waals surface area contributed by atoms with Crippen LogP contribution in [-0.4, -0.2) is 42.1 Å². The Morgan fingerprint density at radius 3 is 2.81 bits per heavy atom. The number of hydrogen-bond donors (Lipinski definition) is 3. The van der Waals surface area contributed by atoms with Crippen LogP contribution in [0.4, 0.5) is 0 Å². The lowest BCUT2D eigenvalue weighted by molar-refractivity contribution is 0.0906. The van der Waals surface area contributed by atoms with Crippen molar-refractivity contribution in [2.45, 2.75) is 37.8 Å². The van der Waals surface area contributed by atoms with Gasteiger partial charge >= 0.3 is 0 Å². The van der Waals surface area contributed by atoms with Crippen molar-refractivity contribution in [2.24, 2.45) is 5.92 Å². The summed E-state index contributed by atoms with van der Waals surface area (Å²) in [4.78, 5) is 0. The predicted molar refractivity (Wildman–Crippen MR) is 83.8 cm³/mol. The Balaban J connectivity index is 1.72. The molecule has 3 atom stereocenters. The second-order valence-corrected chi connectivity index (χ2v) is 6.04. The van der Waals surface area contributed by atoms with E-state index in [0.717, 1.165) is 12.8 Å². The minimum absolute atomic E-state index is 0.202. The van der Waals surface area contributed by atoms with Crippen LogP contribution in [0.3, 0.4) is 0 Å². The van der Waals surface area contributed by atoms with Crippen molar-refractivity contribution in [3.8, 4) is 5.75 Å². The van der Waals surface area contributed by atoms with Gasteiger partial charge in [-0.15, -0.1) is 0 Å². The summed E-state index contributed by atoms with van der Waals surface area (Å²) in [5.41, 5.74) is 0. The molecular formula is C16H24ClNO3. The van der Waals surface area contributed by atoms with E-state index >= 15 is 0 Å². The monoisotopic (exact) mass is 313 g/mol. The molecule has 1 aromatic rings. The molecule has 3 unspecified atom stereocenters. The van der Waals surface area contributed by atoms with E-state index in [1.165, 1.54) is 12.8 Å². The SMILES string of the molecule is OCC1CCCCC1NCC(O)COc1ccccc1Cl. The number of para-hydroxylation sites is 1. The predicted octanol–water partition coefficient (Wildman–Crippen LogP) is 2.22. The Bertz CT molecular complexity index is 430. The van der Waals surface area contributed by atoms with E-state index in [1.807, 2.05) is 12.1 Å². The number of hydrogen-bond acceptors (Lipinski definition) is 4. The van der Waals surface area contributed by atoms with E-state index in [1.54, 1.807) is 12.1 Å². The summed E-state index contributed by atoms with van der Waals surface area (Å²) in [6.07, 6.45) is 3.88. The van der Waals surface area contributed by atoms with E-state index in [-0.39, 0.29) is 13.2 Å². The van der Waals surface area contributed by atoms with Crippen LogP contribution in [0.1, 0.15) is 25.7 Å². The molecule has 1 fully saturated rings. The minimum Gasteiger partial charge on any atom is -0.489 e. The summed E-state index contributed by atoms with van der Waals surface area (Å²) in [6, 6.07) is 7.52. The second kappa shape index (κ2) is 8.59. The van der Waals surface area contributed by atoms with Crippen LogP contribution < -0.4 is 10.1 Å². The molecule has 1 aliphatic carbocycles. The van der Waals surface area contributed by atoms with E-state index in [0.29, 0.717) is 29.3 Å². The Morgan fingerprint density at radius 2 is 2.05 bits per heavy atom. The van der Waals surface area contributed by atoms with Crippen molar-refractivity contribution in [1.82, 2.24) is 5.32 Å². The highest BCUT2D eigenvalue weighted by atomic mass is 35.5. The summed E-state index contributed by atoms with van der Waals surface area (Å²) in [5.74, 6) is 0.888. The first-order valence-electron chi connectivity index (χ1n) is 7.60. The zero-order valence-electron chi connectivity index (χ0n) is 12.2. The third kappa shape index (κ3) is 5.15. The first-order chi connectivity index (χ1) is 10.2. The van der Waals surface area contributed by atoms with Gasteiger partial charge in [-0.1, -0.05) is 36.6 Å². The molecule has 0 bridgehead atoms. The third-order valence-corrected chi connectivity index (χ3v) is 4.34. The van der Waals surface area contributed by atoms with Gasteiger partial charge in [-0.25, -0.2) is 0 Å². The van der Waals surface area contributed by atoms with Gasteiger partial charge in [-0.05, 0) is 30.9 Å². The van der Waals surface area contributed by atoms with Crippen molar-refractivity contribution >= 4 is 11.6 Å². The number of aliphatic hydroxyl groups is 2. The Hall–Kier alpha value is -0.810. The molecule has 0 heterocycles. The van der Waals surface area contributed by atoms with Gasteiger partial charge in [0.2, 0.25) is 0 Å². The number of nitrogens with one attached hydrogen (secondary N) is 1. The van der Waals surface area contributed by atoms with E-state index in [4.69, 9.17) is 16.3 Å². The normalized spacial score (nSPS) is 23.8. The molecule has 1 aliphatic rings. The van der Waals surface area contributed by atoms with Crippen molar-refractivity contribution in [3.63, 3.8) is 0 Å². The standard InChI is InChI=1S/C16H24ClNO3/c17-14-6-2-4-8-16(14)21-11-13(20)9-18-15-7-3-1-5-12(15)10-19/h2,4,6,8,12-13,15,18-20H,1,3,5,7,9-11H2. The van der Waals surface area contributed by atoms with Crippen LogP contribution in [-0.2, 0) is 0 Å². The molecule has 4 nitrogen and oxygen atoms in total. The molecule has 5 heteroatoms. The number of aliphatic hydroxyl groups excluding tert-OH is 2. The molecule has 0 amide bonds. The number of benzene rings is 1. The molecule has 0 spiro atoms. The molecule has 2 rings (SSSR count). The highest BCUT2D eigenvalue weighted by Gasteiger charge is 2.24. The Labute approximate surface area is 131 Å². The van der Waals surface area contributed by atoms with Gasteiger partial charge in [0.05, 0.1) is 5.02 Å². The second-order valence-electron chi connectivity index (χ2n) is 5.64. The van der Waals surface area contributed by atoms with Gasteiger partial charge in [-0.3, -0.25) is 0 Å². The van der Waals surface area contributed by atoms with Crippen LogP contribution in [0, 0.1) is 5.92 Å². The van der Waals surface area contributed by atoms with Crippen LogP contribution in [0.2, 0.25) is 5.02 Å². The van der Waals surface area contributed by atoms with Crippen LogP contribution in [0.15, 0.2) is 24.3 Å². The van der Waals surface area contributed by atoms with E-state index in [2.05, 4.69) is 5.32 Å². The maximum atomic E-state index is 10.00. The van der Waals surface area contributed by atoms with E-state index < -0.39 is 6.10 Å². The first-order valence-corrected chi connectivity index (χ1v) is 7.98. The molecule has 0 aliphatic heterocycles. The summed E-state index contributed by atoms with van der Waals surface area (Å²) in [7, 11) is 0.